The highest BCUT2D eigenvalue weighted by Crippen LogP contribution is 2.49. The maximum absolute atomic E-state index is 14.6. The second kappa shape index (κ2) is 12.4. The molecule has 3 aromatic heterocycles. The number of halogens is 1. The molecule has 2 saturated carbocycles. The van der Waals surface area contributed by atoms with Crippen LogP contribution in [0.2, 0.25) is 0 Å². The van der Waals surface area contributed by atoms with Crippen LogP contribution in [0.25, 0.3) is 11.1 Å². The third-order valence-electron chi connectivity index (χ3n) is 10.5. The van der Waals surface area contributed by atoms with E-state index in [0.717, 1.165) is 75.2 Å². The molecular weight excluding hydrogens is 607 g/mol. The van der Waals surface area contributed by atoms with Gasteiger partial charge in [0.15, 0.2) is 5.82 Å². The molecule has 5 heterocycles. The summed E-state index contributed by atoms with van der Waals surface area (Å²) < 4.78 is 21.0. The van der Waals surface area contributed by atoms with E-state index < -0.39 is 0 Å². The average molecular weight is 647 g/mol. The topological polar surface area (TPSA) is 129 Å². The van der Waals surface area contributed by atoms with E-state index >= 15 is 0 Å². The number of likely N-dealkylation sites (tertiary alicyclic amines) is 1. The molecule has 2 aliphatic carbocycles. The van der Waals surface area contributed by atoms with Crippen LogP contribution < -0.4 is 15.0 Å². The maximum atomic E-state index is 14.6. The molecule has 4 fully saturated rings. The molecule has 1 aromatic carbocycles. The monoisotopic (exact) mass is 646 g/mol. The fourth-order valence-corrected chi connectivity index (χ4v) is 8.22. The van der Waals surface area contributed by atoms with Gasteiger partial charge in [0.05, 0.1) is 5.69 Å². The van der Waals surface area contributed by atoms with Crippen LogP contribution in [0.4, 0.5) is 15.9 Å². The van der Waals surface area contributed by atoms with E-state index in [1.165, 1.54) is 18.5 Å². The summed E-state index contributed by atoms with van der Waals surface area (Å²) in [6, 6.07) is 11.3. The lowest BCUT2D eigenvalue weighted by Gasteiger charge is -2.57. The molecule has 12 heteroatoms. The van der Waals surface area contributed by atoms with Crippen LogP contribution in [0.3, 0.4) is 0 Å². The number of nitrogens with zero attached hydrogens (tertiary/aromatic N) is 9. The Morgan fingerprint density at radius 1 is 1.04 bits per heavy atom. The Hall–Kier alpha value is -4.76. The molecule has 8 rings (SSSR count). The van der Waals surface area contributed by atoms with Gasteiger partial charge in [-0.2, -0.15) is 5.26 Å². The summed E-state index contributed by atoms with van der Waals surface area (Å²) in [6.45, 7) is 8.53. The van der Waals surface area contributed by atoms with E-state index in [0.29, 0.717) is 58.5 Å². The number of rotatable bonds is 10. The molecule has 1 atom stereocenters. The highest BCUT2D eigenvalue weighted by atomic mass is 19.1. The fraction of sp³-hybridized carbons (Fsp3) is 0.472. The number of pyridine rings is 1. The Morgan fingerprint density at radius 2 is 1.90 bits per heavy atom. The molecule has 11 nitrogen and oxygen atoms in total. The van der Waals surface area contributed by atoms with Crippen molar-refractivity contribution in [3.8, 4) is 28.8 Å². The summed E-state index contributed by atoms with van der Waals surface area (Å²) in [6.07, 6.45) is 11.9. The normalized spacial score (nSPS) is 22.2. The zero-order valence-electron chi connectivity index (χ0n) is 27.3. The number of nitrogens with one attached hydrogen (secondary N) is 1. The fourth-order valence-electron chi connectivity index (χ4n) is 8.22. The van der Waals surface area contributed by atoms with Gasteiger partial charge < -0.3 is 15.0 Å². The van der Waals surface area contributed by atoms with Crippen molar-refractivity contribution >= 4 is 11.5 Å². The van der Waals surface area contributed by atoms with E-state index in [-0.39, 0.29) is 11.2 Å². The van der Waals surface area contributed by atoms with Gasteiger partial charge in [-0.05, 0) is 74.3 Å². The molecule has 0 unspecified atom stereocenters. The predicted octanol–water partition coefficient (Wildman–Crippen LogP) is 5.83. The van der Waals surface area contributed by atoms with Crippen molar-refractivity contribution in [2.75, 3.05) is 36.4 Å². The first-order chi connectivity index (χ1) is 23.4. The Kier molecular flexibility index (Phi) is 7.87. The van der Waals surface area contributed by atoms with E-state index in [1.807, 2.05) is 12.1 Å². The number of anilines is 2. The molecule has 0 amide bonds. The Balaban J connectivity index is 0.933. The van der Waals surface area contributed by atoms with Crippen molar-refractivity contribution in [2.24, 2.45) is 17.3 Å². The van der Waals surface area contributed by atoms with Gasteiger partial charge in [0.25, 0.3) is 5.88 Å². The molecule has 0 bridgehead atoms. The quantitative estimate of drug-likeness (QED) is 0.223. The smallest absolute Gasteiger partial charge is 0.282 e. The second-order valence-electron chi connectivity index (χ2n) is 14.4. The summed E-state index contributed by atoms with van der Waals surface area (Å²) in [5.74, 6) is 2.65. The van der Waals surface area contributed by atoms with E-state index in [9.17, 15) is 9.65 Å². The molecule has 1 spiro atoms. The van der Waals surface area contributed by atoms with Crippen LogP contribution in [0, 0.1) is 34.4 Å². The molecular formula is C36H39FN10O. The van der Waals surface area contributed by atoms with Gasteiger partial charge in [0.2, 0.25) is 0 Å². The first-order valence-electron chi connectivity index (χ1n) is 16.9. The predicted molar refractivity (Wildman–Crippen MR) is 178 cm³/mol. The van der Waals surface area contributed by atoms with Crippen LogP contribution in [0.15, 0.2) is 55.4 Å². The number of hydrogen-bond donors (Lipinski definition) is 1. The van der Waals surface area contributed by atoms with Crippen molar-refractivity contribution in [3.05, 3.63) is 72.6 Å². The zero-order chi connectivity index (χ0) is 32.8. The highest BCUT2D eigenvalue weighted by Gasteiger charge is 2.53. The first kappa shape index (κ1) is 30.6. The Morgan fingerprint density at radius 3 is 2.69 bits per heavy atom. The Bertz CT molecular complexity index is 1850. The number of ether oxygens (including phenoxy) is 1. The van der Waals surface area contributed by atoms with E-state index in [4.69, 9.17) is 4.74 Å². The van der Waals surface area contributed by atoms with Crippen LogP contribution in [0.1, 0.15) is 63.3 Å². The second-order valence-corrected chi connectivity index (χ2v) is 14.4. The number of hydrogen-bond acceptors (Lipinski definition) is 11. The lowest BCUT2D eigenvalue weighted by Crippen LogP contribution is -2.65. The third kappa shape index (κ3) is 5.92. The zero-order valence-corrected chi connectivity index (χ0v) is 27.3. The summed E-state index contributed by atoms with van der Waals surface area (Å²) in [5.41, 5.74) is 3.90. The molecule has 4 aromatic rings. The lowest BCUT2D eigenvalue weighted by atomic mass is 9.68. The largest absolute Gasteiger partial charge is 0.434 e. The molecule has 2 saturated heterocycles. The van der Waals surface area contributed by atoms with Crippen molar-refractivity contribution in [1.82, 2.24) is 35.0 Å². The Labute approximate surface area is 279 Å². The van der Waals surface area contributed by atoms with Gasteiger partial charge in [-0.15, -0.1) is 10.2 Å². The summed E-state index contributed by atoms with van der Waals surface area (Å²) in [5, 5.41) is 21.2. The minimum absolute atomic E-state index is 0.197. The van der Waals surface area contributed by atoms with Gasteiger partial charge in [-0.1, -0.05) is 13.8 Å². The maximum Gasteiger partial charge on any atom is 0.282 e. The van der Waals surface area contributed by atoms with Crippen molar-refractivity contribution in [1.29, 1.82) is 5.26 Å². The molecule has 0 radical (unpaired) electrons. The SMILES string of the molecule is CC(C)[C@H](C1CC(Nc2ccnc(C#N)c2)C1)N1CC2(CCN(c3ncnnc3Oc3ccc(F)cc3-c3cncnc3C3CC3)C2)C1. The highest BCUT2D eigenvalue weighted by molar-refractivity contribution is 5.73. The average Bonchev–Trinajstić information content (AvgIpc) is 3.82. The minimum Gasteiger partial charge on any atom is -0.434 e. The first-order valence-corrected chi connectivity index (χ1v) is 16.9. The summed E-state index contributed by atoms with van der Waals surface area (Å²) in [7, 11) is 0. The third-order valence-corrected chi connectivity index (χ3v) is 10.5. The van der Waals surface area contributed by atoms with Crippen LogP contribution in [-0.2, 0) is 0 Å². The van der Waals surface area contributed by atoms with Crippen molar-refractivity contribution < 1.29 is 9.13 Å². The van der Waals surface area contributed by atoms with E-state index in [2.05, 4.69) is 65.2 Å². The van der Waals surface area contributed by atoms with Crippen LogP contribution >= 0.6 is 0 Å². The standard InChI is InChI=1S/C36H39FN10O/c1-22(2)33(24-11-27(12-24)44-26-7-9-40-28(14-26)15-38)47-18-36(19-47)8-10-46(17-36)34-35(45-43-21-42-34)48-31-6-5-25(37)13-29(31)30-16-39-20-41-32(30)23-3-4-23/h5-7,9,13-14,16,20-24,27,33H,3-4,8,10-12,17-19H2,1-2H3,(H,40,44)/t24?,27?,33-/m1/s1. The van der Waals surface area contributed by atoms with Gasteiger partial charge in [-0.3, -0.25) is 4.90 Å². The number of nitriles is 1. The van der Waals surface area contributed by atoms with Crippen LogP contribution in [-0.4, -0.2) is 73.3 Å². The number of benzene rings is 1. The van der Waals surface area contributed by atoms with Gasteiger partial charge in [0.1, 0.15) is 36.0 Å². The molecule has 48 heavy (non-hydrogen) atoms. The van der Waals surface area contributed by atoms with Crippen molar-refractivity contribution in [2.45, 2.75) is 64.0 Å². The summed E-state index contributed by atoms with van der Waals surface area (Å²) >= 11 is 0. The van der Waals surface area contributed by atoms with Gasteiger partial charge >= 0.3 is 0 Å². The number of aromatic nitrogens is 6. The van der Waals surface area contributed by atoms with Gasteiger partial charge in [-0.25, -0.2) is 24.3 Å². The van der Waals surface area contributed by atoms with Crippen molar-refractivity contribution in [3.63, 3.8) is 0 Å². The molecule has 4 aliphatic rings. The van der Waals surface area contributed by atoms with E-state index in [1.54, 1.807) is 24.8 Å². The summed E-state index contributed by atoms with van der Waals surface area (Å²) in [4.78, 5) is 22.4. The van der Waals surface area contributed by atoms with Gasteiger partial charge in [0, 0.05) is 78.8 Å². The lowest BCUT2D eigenvalue weighted by molar-refractivity contribution is -0.0656. The molecule has 2 aliphatic heterocycles. The van der Waals surface area contributed by atoms with Crippen LogP contribution in [0.5, 0.6) is 11.6 Å². The molecule has 1 N–H and O–H groups in total. The minimum atomic E-state index is -0.354. The molecule has 246 valence electrons.